The van der Waals surface area contributed by atoms with E-state index in [1.165, 1.54) is 55.2 Å². The Kier molecular flexibility index (Phi) is 9.41. The summed E-state index contributed by atoms with van der Waals surface area (Å²) in [5, 5.41) is 10.5. The lowest BCUT2D eigenvalue weighted by Crippen LogP contribution is -2.03. The van der Waals surface area contributed by atoms with Crippen molar-refractivity contribution in [3.8, 4) is 0 Å². The van der Waals surface area contributed by atoms with Gasteiger partial charge in [0.25, 0.3) is 0 Å². The van der Waals surface area contributed by atoms with Gasteiger partial charge in [0.1, 0.15) is 0 Å². The van der Waals surface area contributed by atoms with Crippen LogP contribution in [0.15, 0.2) is 18.2 Å². The summed E-state index contributed by atoms with van der Waals surface area (Å²) in [5.74, 6) is 0. The minimum atomic E-state index is -0.276. The van der Waals surface area contributed by atoms with E-state index in [-0.39, 0.29) is 6.10 Å². The molecule has 1 rings (SSSR count). The van der Waals surface area contributed by atoms with E-state index in [9.17, 15) is 5.11 Å². The molecule has 120 valence electrons. The molecular formula is C20H34O. The van der Waals surface area contributed by atoms with Crippen molar-refractivity contribution in [3.05, 3.63) is 34.9 Å². The Balaban J connectivity index is 2.38. The van der Waals surface area contributed by atoms with Crippen LogP contribution in [0.2, 0.25) is 0 Å². The third-order valence-corrected chi connectivity index (χ3v) is 4.44. The Morgan fingerprint density at radius 3 is 2.14 bits per heavy atom. The van der Waals surface area contributed by atoms with Gasteiger partial charge in [-0.25, -0.2) is 0 Å². The lowest BCUT2D eigenvalue weighted by Gasteiger charge is -2.16. The second-order valence-electron chi connectivity index (χ2n) is 6.17. The molecule has 0 amide bonds. The predicted octanol–water partition coefficient (Wildman–Crippen LogP) is 5.99. The molecule has 0 aromatic heterocycles. The van der Waals surface area contributed by atoms with Crippen LogP contribution in [0.4, 0.5) is 0 Å². The summed E-state index contributed by atoms with van der Waals surface area (Å²) in [6.45, 7) is 6.60. The zero-order chi connectivity index (χ0) is 15.5. The molecule has 1 nitrogen and oxygen atoms in total. The van der Waals surface area contributed by atoms with Crippen LogP contribution in [-0.2, 0) is 12.8 Å². The fraction of sp³-hybridized carbons (Fsp3) is 0.700. The molecule has 1 aromatic carbocycles. The number of unbranched alkanes of at least 4 members (excludes halogenated alkanes) is 6. The quantitative estimate of drug-likeness (QED) is 0.497. The smallest absolute Gasteiger partial charge is 0.0792 e. The third kappa shape index (κ3) is 6.65. The van der Waals surface area contributed by atoms with Crippen LogP contribution >= 0.6 is 0 Å². The van der Waals surface area contributed by atoms with E-state index in [0.29, 0.717) is 0 Å². The minimum absolute atomic E-state index is 0.276. The zero-order valence-electron chi connectivity index (χ0n) is 14.3. The van der Waals surface area contributed by atoms with E-state index in [0.717, 1.165) is 25.7 Å². The lowest BCUT2D eigenvalue weighted by atomic mass is 9.94. The summed E-state index contributed by atoms with van der Waals surface area (Å²) >= 11 is 0. The van der Waals surface area contributed by atoms with Gasteiger partial charge in [0.15, 0.2) is 0 Å². The number of aliphatic hydroxyl groups excluding tert-OH is 1. The molecule has 1 N–H and O–H groups in total. The third-order valence-electron chi connectivity index (χ3n) is 4.44. The maximum absolute atomic E-state index is 10.5. The number of hydrogen-bond acceptors (Lipinski definition) is 1. The maximum Gasteiger partial charge on any atom is 0.0792 e. The van der Waals surface area contributed by atoms with Crippen LogP contribution in [0, 0.1) is 0 Å². The van der Waals surface area contributed by atoms with Crippen molar-refractivity contribution >= 4 is 0 Å². The van der Waals surface area contributed by atoms with Gasteiger partial charge in [-0.15, -0.1) is 0 Å². The van der Waals surface area contributed by atoms with Crippen LogP contribution in [-0.4, -0.2) is 5.11 Å². The molecule has 0 bridgehead atoms. The highest BCUT2D eigenvalue weighted by Crippen LogP contribution is 2.25. The molecule has 0 aliphatic carbocycles. The summed E-state index contributed by atoms with van der Waals surface area (Å²) in [4.78, 5) is 0. The molecular weight excluding hydrogens is 256 g/mol. The molecule has 0 spiro atoms. The molecule has 1 aromatic rings. The molecule has 0 fully saturated rings. The highest BCUT2D eigenvalue weighted by molar-refractivity contribution is 5.33. The Hall–Kier alpha value is -0.820. The molecule has 0 heterocycles. The summed E-state index contributed by atoms with van der Waals surface area (Å²) in [6, 6.07) is 6.61. The molecule has 0 saturated carbocycles. The molecule has 21 heavy (non-hydrogen) atoms. The predicted molar refractivity (Wildman–Crippen MR) is 92.8 cm³/mol. The van der Waals surface area contributed by atoms with Crippen LogP contribution in [0.1, 0.15) is 94.9 Å². The molecule has 1 atom stereocenters. The normalized spacial score (nSPS) is 12.6. The van der Waals surface area contributed by atoms with Crippen LogP contribution in [0.5, 0.6) is 0 Å². The van der Waals surface area contributed by atoms with Crippen molar-refractivity contribution in [2.45, 2.75) is 91.1 Å². The monoisotopic (exact) mass is 290 g/mol. The average Bonchev–Trinajstić information content (AvgIpc) is 2.53. The van der Waals surface area contributed by atoms with Gasteiger partial charge < -0.3 is 5.11 Å². The van der Waals surface area contributed by atoms with E-state index in [2.05, 4.69) is 39.0 Å². The van der Waals surface area contributed by atoms with Gasteiger partial charge >= 0.3 is 0 Å². The highest BCUT2D eigenvalue weighted by atomic mass is 16.3. The number of aryl methyl sites for hydroxylation is 2. The number of rotatable bonds is 11. The average molecular weight is 290 g/mol. The SMILES string of the molecule is CCCCCCCCCC(O)c1cc(CC)ccc1CC. The molecule has 0 aliphatic heterocycles. The molecule has 0 radical (unpaired) electrons. The van der Waals surface area contributed by atoms with Crippen molar-refractivity contribution in [2.75, 3.05) is 0 Å². The minimum Gasteiger partial charge on any atom is -0.388 e. The summed E-state index contributed by atoms with van der Waals surface area (Å²) in [7, 11) is 0. The number of aliphatic hydroxyl groups is 1. The van der Waals surface area contributed by atoms with Gasteiger partial charge in [-0.1, -0.05) is 83.9 Å². The first-order valence-corrected chi connectivity index (χ1v) is 9.02. The molecule has 1 unspecified atom stereocenters. The number of benzene rings is 1. The Morgan fingerprint density at radius 1 is 0.857 bits per heavy atom. The summed E-state index contributed by atoms with van der Waals surface area (Å²) in [6.07, 6.45) is 11.8. The van der Waals surface area contributed by atoms with E-state index in [4.69, 9.17) is 0 Å². The Bertz CT molecular complexity index is 383. The number of hydrogen-bond donors (Lipinski definition) is 1. The van der Waals surface area contributed by atoms with E-state index in [1.54, 1.807) is 0 Å². The van der Waals surface area contributed by atoms with Crippen molar-refractivity contribution in [1.29, 1.82) is 0 Å². The zero-order valence-corrected chi connectivity index (χ0v) is 14.3. The van der Waals surface area contributed by atoms with Gasteiger partial charge in [-0.3, -0.25) is 0 Å². The van der Waals surface area contributed by atoms with E-state index in [1.807, 2.05) is 0 Å². The lowest BCUT2D eigenvalue weighted by molar-refractivity contribution is 0.162. The van der Waals surface area contributed by atoms with E-state index >= 15 is 0 Å². The summed E-state index contributed by atoms with van der Waals surface area (Å²) < 4.78 is 0. The molecule has 0 aliphatic rings. The fourth-order valence-corrected chi connectivity index (χ4v) is 2.95. The first kappa shape index (κ1) is 18.2. The van der Waals surface area contributed by atoms with Crippen molar-refractivity contribution in [1.82, 2.24) is 0 Å². The van der Waals surface area contributed by atoms with Crippen LogP contribution in [0.3, 0.4) is 0 Å². The van der Waals surface area contributed by atoms with Gasteiger partial charge in [-0.2, -0.15) is 0 Å². The first-order chi connectivity index (χ1) is 10.2. The van der Waals surface area contributed by atoms with Gasteiger partial charge in [0, 0.05) is 0 Å². The second-order valence-corrected chi connectivity index (χ2v) is 6.17. The Morgan fingerprint density at radius 2 is 1.52 bits per heavy atom. The molecule has 1 heteroatoms. The first-order valence-electron chi connectivity index (χ1n) is 9.02. The van der Waals surface area contributed by atoms with Crippen molar-refractivity contribution in [2.24, 2.45) is 0 Å². The maximum atomic E-state index is 10.5. The van der Waals surface area contributed by atoms with Crippen molar-refractivity contribution in [3.63, 3.8) is 0 Å². The molecule has 0 saturated heterocycles. The van der Waals surface area contributed by atoms with Gasteiger partial charge in [0.2, 0.25) is 0 Å². The topological polar surface area (TPSA) is 20.2 Å². The van der Waals surface area contributed by atoms with Crippen LogP contribution in [0.25, 0.3) is 0 Å². The highest BCUT2D eigenvalue weighted by Gasteiger charge is 2.12. The van der Waals surface area contributed by atoms with Gasteiger partial charge in [0.05, 0.1) is 6.10 Å². The van der Waals surface area contributed by atoms with Crippen molar-refractivity contribution < 1.29 is 5.11 Å². The standard InChI is InChI=1S/C20H34O/c1-4-7-8-9-10-11-12-13-20(21)19-16-17(5-2)14-15-18(19)6-3/h14-16,20-21H,4-13H2,1-3H3. The largest absolute Gasteiger partial charge is 0.388 e. The Labute approximate surface area is 131 Å². The second kappa shape index (κ2) is 10.8. The fourth-order valence-electron chi connectivity index (χ4n) is 2.95. The summed E-state index contributed by atoms with van der Waals surface area (Å²) in [5.41, 5.74) is 3.81. The van der Waals surface area contributed by atoms with Crippen LogP contribution < -0.4 is 0 Å². The van der Waals surface area contributed by atoms with E-state index < -0.39 is 0 Å². The van der Waals surface area contributed by atoms with Gasteiger partial charge in [-0.05, 0) is 36.0 Å².